The Bertz CT molecular complexity index is 671. The second-order valence-corrected chi connectivity index (χ2v) is 6.26. The van der Waals surface area contributed by atoms with Crippen LogP contribution < -0.4 is 4.90 Å². The van der Waals surface area contributed by atoms with Gasteiger partial charge >= 0.3 is 11.9 Å². The first kappa shape index (κ1) is 16.0. The van der Waals surface area contributed by atoms with Crippen LogP contribution in [0, 0.1) is 0 Å². The molecule has 0 radical (unpaired) electrons. The van der Waals surface area contributed by atoms with Gasteiger partial charge in [-0.2, -0.15) is 0 Å². The topological polar surface area (TPSA) is 112 Å². The maximum atomic E-state index is 12.0. The number of benzene rings is 1. The Kier molecular flexibility index (Phi) is 4.51. The number of nitrogens with zero attached hydrogens (tertiary/aromatic N) is 1. The number of rotatable bonds is 4. The van der Waals surface area contributed by atoms with Gasteiger partial charge in [-0.25, -0.2) is 9.59 Å². The van der Waals surface area contributed by atoms with E-state index in [1.807, 2.05) is 0 Å². The number of amides is 1. The Morgan fingerprint density at radius 1 is 1.18 bits per heavy atom. The lowest BCUT2D eigenvalue weighted by Gasteiger charge is -2.17. The summed E-state index contributed by atoms with van der Waals surface area (Å²) in [5.41, 5.74) is -0.392. The number of carboxylic acid groups (broad SMARTS) is 2. The van der Waals surface area contributed by atoms with E-state index in [9.17, 15) is 19.2 Å². The number of hydrogen-bond acceptors (Lipinski definition) is 5. The lowest BCUT2D eigenvalue weighted by molar-refractivity contribution is -0.117. The minimum absolute atomic E-state index is 0.0906. The van der Waals surface area contributed by atoms with Gasteiger partial charge in [-0.05, 0) is 18.2 Å². The molecule has 1 unspecified atom stereocenters. The van der Waals surface area contributed by atoms with Gasteiger partial charge < -0.3 is 15.1 Å². The highest BCUT2D eigenvalue weighted by molar-refractivity contribution is 8.14. The zero-order valence-corrected chi connectivity index (χ0v) is 12.4. The molecule has 0 aliphatic carbocycles. The molecule has 1 aromatic carbocycles. The zero-order chi connectivity index (χ0) is 16.4. The highest BCUT2D eigenvalue weighted by atomic mass is 32.2. The number of carbonyl (C=O) groups excluding carboxylic acids is 2. The van der Waals surface area contributed by atoms with Crippen molar-refractivity contribution >= 4 is 40.4 Å². The van der Waals surface area contributed by atoms with Crippen molar-refractivity contribution in [1.82, 2.24) is 0 Å². The second kappa shape index (κ2) is 6.18. The molecule has 22 heavy (non-hydrogen) atoms. The van der Waals surface area contributed by atoms with Crippen LogP contribution in [0.2, 0.25) is 0 Å². The van der Waals surface area contributed by atoms with Gasteiger partial charge in [0.05, 0.1) is 11.1 Å². The normalized spacial score (nSPS) is 17.6. The summed E-state index contributed by atoms with van der Waals surface area (Å²) in [7, 11) is 0. The molecule has 1 aliphatic rings. The van der Waals surface area contributed by atoms with Crippen molar-refractivity contribution in [2.75, 3.05) is 11.4 Å². The predicted octanol–water partition coefficient (Wildman–Crippen LogP) is 1.47. The molecule has 0 aromatic heterocycles. The molecule has 1 aromatic rings. The summed E-state index contributed by atoms with van der Waals surface area (Å²) in [4.78, 5) is 46.7. The molecule has 0 saturated carbocycles. The molecular weight excluding hydrogens is 310 g/mol. The van der Waals surface area contributed by atoms with Crippen LogP contribution in [-0.4, -0.2) is 45.0 Å². The molecular formula is C14H13NO6S. The van der Waals surface area contributed by atoms with E-state index < -0.39 is 11.9 Å². The number of carboxylic acids is 2. The average molecular weight is 323 g/mol. The maximum Gasteiger partial charge on any atom is 0.336 e. The fraction of sp³-hybridized carbons (Fsp3) is 0.286. The highest BCUT2D eigenvalue weighted by Gasteiger charge is 2.32. The van der Waals surface area contributed by atoms with Crippen LogP contribution in [0.3, 0.4) is 0 Å². The fourth-order valence-corrected chi connectivity index (χ4v) is 3.22. The van der Waals surface area contributed by atoms with Gasteiger partial charge in [-0.3, -0.25) is 9.59 Å². The van der Waals surface area contributed by atoms with Crippen molar-refractivity contribution < 1.29 is 29.4 Å². The molecule has 0 spiro atoms. The van der Waals surface area contributed by atoms with E-state index >= 15 is 0 Å². The van der Waals surface area contributed by atoms with Crippen molar-refractivity contribution in [3.05, 3.63) is 29.3 Å². The van der Waals surface area contributed by atoms with Gasteiger partial charge in [0.1, 0.15) is 0 Å². The number of thioether (sulfide) groups is 1. The van der Waals surface area contributed by atoms with Crippen LogP contribution in [0.1, 0.15) is 34.1 Å². The molecule has 2 rings (SSSR count). The van der Waals surface area contributed by atoms with Crippen LogP contribution in [0.4, 0.5) is 5.69 Å². The third-order valence-electron chi connectivity index (χ3n) is 3.20. The number of anilines is 1. The summed E-state index contributed by atoms with van der Waals surface area (Å²) in [5.74, 6) is -2.94. The molecule has 7 nitrogen and oxygen atoms in total. The van der Waals surface area contributed by atoms with E-state index in [1.165, 1.54) is 30.0 Å². The number of carbonyl (C=O) groups is 4. The van der Waals surface area contributed by atoms with Gasteiger partial charge in [0, 0.05) is 30.8 Å². The summed E-state index contributed by atoms with van der Waals surface area (Å²) >= 11 is 1.07. The SMILES string of the molecule is CC(=O)SC1CC(=O)N(c2ccc(C(=O)O)c(C(=O)O)c2)C1. The lowest BCUT2D eigenvalue weighted by atomic mass is 10.1. The van der Waals surface area contributed by atoms with Gasteiger partial charge in [-0.15, -0.1) is 0 Å². The van der Waals surface area contributed by atoms with E-state index in [0.29, 0.717) is 5.69 Å². The lowest BCUT2D eigenvalue weighted by Crippen LogP contribution is -2.25. The molecule has 1 saturated heterocycles. The number of aromatic carboxylic acids is 2. The molecule has 8 heteroatoms. The Hall–Kier alpha value is -2.35. The Morgan fingerprint density at radius 3 is 2.36 bits per heavy atom. The van der Waals surface area contributed by atoms with E-state index in [2.05, 4.69) is 0 Å². The summed E-state index contributed by atoms with van der Waals surface area (Å²) in [6, 6.07) is 3.74. The summed E-state index contributed by atoms with van der Waals surface area (Å²) in [6.45, 7) is 1.70. The molecule has 1 atom stereocenters. The van der Waals surface area contributed by atoms with E-state index in [4.69, 9.17) is 10.2 Å². The van der Waals surface area contributed by atoms with Crippen molar-refractivity contribution in [3.63, 3.8) is 0 Å². The first-order valence-corrected chi connectivity index (χ1v) is 7.25. The minimum atomic E-state index is -1.37. The molecule has 1 fully saturated rings. The van der Waals surface area contributed by atoms with Crippen molar-refractivity contribution in [3.8, 4) is 0 Å². The van der Waals surface area contributed by atoms with Crippen molar-refractivity contribution in [1.29, 1.82) is 0 Å². The van der Waals surface area contributed by atoms with Crippen molar-refractivity contribution in [2.45, 2.75) is 18.6 Å². The Labute approximate surface area is 129 Å². The Morgan fingerprint density at radius 2 is 1.82 bits per heavy atom. The van der Waals surface area contributed by atoms with Crippen LogP contribution in [0.25, 0.3) is 0 Å². The highest BCUT2D eigenvalue weighted by Crippen LogP contribution is 2.30. The first-order valence-electron chi connectivity index (χ1n) is 6.38. The molecule has 1 heterocycles. The maximum absolute atomic E-state index is 12.0. The van der Waals surface area contributed by atoms with Gasteiger partial charge in [-0.1, -0.05) is 11.8 Å². The van der Waals surface area contributed by atoms with Crippen LogP contribution in [0.5, 0.6) is 0 Å². The zero-order valence-electron chi connectivity index (χ0n) is 11.6. The average Bonchev–Trinajstić information content (AvgIpc) is 2.77. The molecule has 0 bridgehead atoms. The van der Waals surface area contributed by atoms with Crippen LogP contribution in [-0.2, 0) is 9.59 Å². The molecule has 1 aliphatic heterocycles. The van der Waals surface area contributed by atoms with E-state index in [-0.39, 0.29) is 40.4 Å². The van der Waals surface area contributed by atoms with Gasteiger partial charge in [0.15, 0.2) is 5.12 Å². The summed E-state index contributed by atoms with van der Waals surface area (Å²) in [6.07, 6.45) is 0.188. The fourth-order valence-electron chi connectivity index (χ4n) is 2.30. The van der Waals surface area contributed by atoms with Gasteiger partial charge in [0.2, 0.25) is 5.91 Å². The predicted molar refractivity (Wildman–Crippen MR) is 79.4 cm³/mol. The van der Waals surface area contributed by atoms with Crippen molar-refractivity contribution in [2.24, 2.45) is 0 Å². The smallest absolute Gasteiger partial charge is 0.336 e. The quantitative estimate of drug-likeness (QED) is 0.862. The molecule has 2 N–H and O–H groups in total. The summed E-state index contributed by atoms with van der Waals surface area (Å²) < 4.78 is 0. The third kappa shape index (κ3) is 3.28. The van der Waals surface area contributed by atoms with Crippen LogP contribution >= 0.6 is 11.8 Å². The first-order chi connectivity index (χ1) is 10.3. The third-order valence-corrected chi connectivity index (χ3v) is 4.18. The Balaban J connectivity index is 2.31. The minimum Gasteiger partial charge on any atom is -0.478 e. The van der Waals surface area contributed by atoms with E-state index in [1.54, 1.807) is 0 Å². The molecule has 1 amide bonds. The largest absolute Gasteiger partial charge is 0.478 e. The molecule has 116 valence electrons. The van der Waals surface area contributed by atoms with Crippen LogP contribution in [0.15, 0.2) is 18.2 Å². The number of hydrogen-bond donors (Lipinski definition) is 2. The second-order valence-electron chi connectivity index (χ2n) is 4.78. The monoisotopic (exact) mass is 323 g/mol. The summed E-state index contributed by atoms with van der Waals surface area (Å²) in [5, 5.41) is 17.8. The standard InChI is InChI=1S/C14H13NO6S/c1-7(16)22-9-5-12(17)15(6-9)8-2-3-10(13(18)19)11(4-8)14(20)21/h2-4,9H,5-6H2,1H3,(H,18,19)(H,20,21). The van der Waals surface area contributed by atoms with Gasteiger partial charge in [0.25, 0.3) is 0 Å². The van der Waals surface area contributed by atoms with E-state index in [0.717, 1.165) is 11.8 Å².